The summed E-state index contributed by atoms with van der Waals surface area (Å²) in [5.74, 6) is -0.333. The molecule has 21 heavy (non-hydrogen) atoms. The van der Waals surface area contributed by atoms with E-state index in [0.29, 0.717) is 23.6 Å². The first-order valence-corrected chi connectivity index (χ1v) is 6.64. The average molecular weight is 283 g/mol. The zero-order chi connectivity index (χ0) is 15.2. The maximum Gasteiger partial charge on any atom is 0.336 e. The molecule has 0 aromatic heterocycles. The summed E-state index contributed by atoms with van der Waals surface area (Å²) < 4.78 is 5.52. The lowest BCUT2D eigenvalue weighted by molar-refractivity contribution is -0.130. The molecule has 108 valence electrons. The molecule has 3 N–H and O–H groups in total. The lowest BCUT2D eigenvalue weighted by atomic mass is 10.0. The minimum absolute atomic E-state index is 0.196. The number of carbonyl (C=O) groups is 1. The number of nitrogen functional groups attached to an aromatic ring is 1. The zero-order valence-corrected chi connectivity index (χ0v) is 11.7. The van der Waals surface area contributed by atoms with Crippen LogP contribution in [-0.2, 0) is 4.79 Å². The van der Waals surface area contributed by atoms with Gasteiger partial charge in [-0.25, -0.2) is 4.79 Å². The second kappa shape index (κ2) is 6.61. The van der Waals surface area contributed by atoms with Gasteiger partial charge in [-0.05, 0) is 36.8 Å². The van der Waals surface area contributed by atoms with Gasteiger partial charge in [-0.3, -0.25) is 0 Å². The number of rotatable bonds is 5. The molecule has 4 heteroatoms. The van der Waals surface area contributed by atoms with Gasteiger partial charge in [0.05, 0.1) is 12.2 Å². The van der Waals surface area contributed by atoms with E-state index in [1.165, 1.54) is 0 Å². The van der Waals surface area contributed by atoms with Crippen LogP contribution in [0.1, 0.15) is 18.1 Å². The van der Waals surface area contributed by atoms with Crippen molar-refractivity contribution in [3.05, 3.63) is 59.7 Å². The average Bonchev–Trinajstić information content (AvgIpc) is 2.47. The van der Waals surface area contributed by atoms with E-state index in [2.05, 4.69) is 0 Å². The Balaban J connectivity index is 2.47. The molecule has 4 nitrogen and oxygen atoms in total. The van der Waals surface area contributed by atoms with Crippen LogP contribution in [0.25, 0.3) is 11.6 Å². The van der Waals surface area contributed by atoms with Gasteiger partial charge in [-0.15, -0.1) is 0 Å². The molecule has 0 aliphatic rings. The quantitative estimate of drug-likeness (QED) is 0.501. The van der Waals surface area contributed by atoms with Gasteiger partial charge in [0, 0.05) is 11.3 Å². The van der Waals surface area contributed by atoms with E-state index in [4.69, 9.17) is 10.5 Å². The van der Waals surface area contributed by atoms with Crippen LogP contribution in [0.5, 0.6) is 5.75 Å². The Morgan fingerprint density at radius 2 is 1.86 bits per heavy atom. The summed E-state index contributed by atoms with van der Waals surface area (Å²) >= 11 is 0. The van der Waals surface area contributed by atoms with Crippen molar-refractivity contribution in [1.29, 1.82) is 0 Å². The monoisotopic (exact) mass is 283 g/mol. The number of para-hydroxylation sites is 1. The normalized spacial score (nSPS) is 11.2. The highest BCUT2D eigenvalue weighted by Crippen LogP contribution is 2.25. The highest BCUT2D eigenvalue weighted by Gasteiger charge is 2.12. The van der Waals surface area contributed by atoms with E-state index in [1.54, 1.807) is 30.3 Å². The van der Waals surface area contributed by atoms with Gasteiger partial charge in [0.25, 0.3) is 0 Å². The second-order valence-electron chi connectivity index (χ2n) is 4.46. The SMILES string of the molecule is CCOc1ccccc1/C=C(\C(=O)O)c1ccc(N)cc1. The number of benzene rings is 2. The predicted octanol–water partition coefficient (Wildman–Crippen LogP) is 3.29. The van der Waals surface area contributed by atoms with Crippen LogP contribution in [0.15, 0.2) is 48.5 Å². The Bertz CT molecular complexity index is 660. The third-order valence-corrected chi connectivity index (χ3v) is 2.97. The van der Waals surface area contributed by atoms with Gasteiger partial charge in [-0.2, -0.15) is 0 Å². The van der Waals surface area contributed by atoms with Gasteiger partial charge in [-0.1, -0.05) is 30.3 Å². The molecule has 0 unspecified atom stereocenters. The van der Waals surface area contributed by atoms with Crippen molar-refractivity contribution in [2.75, 3.05) is 12.3 Å². The number of nitrogens with two attached hydrogens (primary N) is 1. The molecule has 0 amide bonds. The van der Waals surface area contributed by atoms with Crippen LogP contribution in [0.2, 0.25) is 0 Å². The topological polar surface area (TPSA) is 72.5 Å². The maximum atomic E-state index is 11.5. The number of aliphatic carboxylic acids is 1. The van der Waals surface area contributed by atoms with Crippen LogP contribution in [-0.4, -0.2) is 17.7 Å². The first-order valence-electron chi connectivity index (χ1n) is 6.64. The summed E-state index contributed by atoms with van der Waals surface area (Å²) in [7, 11) is 0. The van der Waals surface area contributed by atoms with Crippen molar-refractivity contribution in [3.8, 4) is 5.75 Å². The standard InChI is InChI=1S/C17H17NO3/c1-2-21-16-6-4-3-5-13(16)11-15(17(19)20)12-7-9-14(18)10-8-12/h3-11H,2,18H2,1H3,(H,19,20)/b15-11-. The number of carboxylic acid groups (broad SMARTS) is 1. The van der Waals surface area contributed by atoms with Gasteiger partial charge in [0.2, 0.25) is 0 Å². The fourth-order valence-electron chi connectivity index (χ4n) is 1.97. The lowest BCUT2D eigenvalue weighted by Crippen LogP contribution is -2.01. The van der Waals surface area contributed by atoms with E-state index < -0.39 is 5.97 Å². The molecule has 0 spiro atoms. The van der Waals surface area contributed by atoms with Crippen LogP contribution < -0.4 is 10.5 Å². The summed E-state index contributed by atoms with van der Waals surface area (Å²) in [6.07, 6.45) is 1.61. The largest absolute Gasteiger partial charge is 0.493 e. The van der Waals surface area contributed by atoms with Crippen molar-refractivity contribution in [1.82, 2.24) is 0 Å². The Kier molecular flexibility index (Phi) is 4.61. The van der Waals surface area contributed by atoms with Gasteiger partial charge in [0.1, 0.15) is 5.75 Å². The maximum absolute atomic E-state index is 11.5. The number of ether oxygens (including phenoxy) is 1. The molecule has 0 heterocycles. The molecule has 0 radical (unpaired) electrons. The van der Waals surface area contributed by atoms with Gasteiger partial charge < -0.3 is 15.6 Å². The molecule has 2 aromatic rings. The minimum atomic E-state index is -0.994. The fraction of sp³-hybridized carbons (Fsp3) is 0.118. The van der Waals surface area contributed by atoms with Gasteiger partial charge in [0.15, 0.2) is 0 Å². The number of hydrogen-bond donors (Lipinski definition) is 2. The zero-order valence-electron chi connectivity index (χ0n) is 11.7. The number of carboxylic acids is 1. The molecule has 0 aliphatic carbocycles. The Morgan fingerprint density at radius 1 is 1.19 bits per heavy atom. The van der Waals surface area contributed by atoms with E-state index in [1.807, 2.05) is 31.2 Å². The molecular formula is C17H17NO3. The minimum Gasteiger partial charge on any atom is -0.493 e. The van der Waals surface area contributed by atoms with Crippen molar-refractivity contribution >= 4 is 23.3 Å². The Morgan fingerprint density at radius 3 is 2.48 bits per heavy atom. The fourth-order valence-corrected chi connectivity index (χ4v) is 1.97. The van der Waals surface area contributed by atoms with Crippen LogP contribution in [0, 0.1) is 0 Å². The van der Waals surface area contributed by atoms with Crippen LogP contribution in [0.3, 0.4) is 0 Å². The van der Waals surface area contributed by atoms with E-state index in [-0.39, 0.29) is 5.57 Å². The summed E-state index contributed by atoms with van der Waals surface area (Å²) in [5, 5.41) is 9.44. The second-order valence-corrected chi connectivity index (χ2v) is 4.46. The number of anilines is 1. The Labute approximate surface area is 123 Å². The summed E-state index contributed by atoms with van der Waals surface area (Å²) in [6, 6.07) is 14.1. The molecule has 0 bridgehead atoms. The number of hydrogen-bond acceptors (Lipinski definition) is 3. The van der Waals surface area contributed by atoms with Crippen molar-refractivity contribution in [2.24, 2.45) is 0 Å². The Hall–Kier alpha value is -2.75. The summed E-state index contributed by atoms with van der Waals surface area (Å²) in [6.45, 7) is 2.41. The third kappa shape index (κ3) is 3.63. The molecular weight excluding hydrogens is 266 g/mol. The van der Waals surface area contributed by atoms with E-state index >= 15 is 0 Å². The lowest BCUT2D eigenvalue weighted by Gasteiger charge is -2.08. The summed E-state index contributed by atoms with van der Waals surface area (Å²) in [4.78, 5) is 11.5. The van der Waals surface area contributed by atoms with Gasteiger partial charge >= 0.3 is 5.97 Å². The smallest absolute Gasteiger partial charge is 0.336 e. The highest BCUT2D eigenvalue weighted by atomic mass is 16.5. The molecule has 0 atom stereocenters. The van der Waals surface area contributed by atoms with Crippen LogP contribution >= 0.6 is 0 Å². The van der Waals surface area contributed by atoms with Crippen molar-refractivity contribution in [2.45, 2.75) is 6.92 Å². The molecule has 0 saturated heterocycles. The molecule has 2 rings (SSSR count). The first-order chi connectivity index (χ1) is 10.1. The van der Waals surface area contributed by atoms with E-state index in [0.717, 1.165) is 5.56 Å². The molecule has 0 fully saturated rings. The van der Waals surface area contributed by atoms with E-state index in [9.17, 15) is 9.90 Å². The molecule has 0 aliphatic heterocycles. The predicted molar refractivity (Wildman–Crippen MR) is 84.0 cm³/mol. The van der Waals surface area contributed by atoms with Crippen molar-refractivity contribution < 1.29 is 14.6 Å². The summed E-state index contributed by atoms with van der Waals surface area (Å²) in [5.41, 5.74) is 7.75. The van der Waals surface area contributed by atoms with Crippen LogP contribution in [0.4, 0.5) is 5.69 Å². The highest BCUT2D eigenvalue weighted by molar-refractivity contribution is 6.20. The first kappa shape index (κ1) is 14.7. The molecule has 2 aromatic carbocycles. The molecule has 0 saturated carbocycles. The van der Waals surface area contributed by atoms with Crippen molar-refractivity contribution in [3.63, 3.8) is 0 Å². The third-order valence-electron chi connectivity index (χ3n) is 2.97.